The first-order valence-corrected chi connectivity index (χ1v) is 9.31. The molecule has 0 saturated heterocycles. The Morgan fingerprint density at radius 1 is 1.21 bits per heavy atom. The van der Waals surface area contributed by atoms with Crippen LogP contribution in [0, 0.1) is 0 Å². The topological polar surface area (TPSA) is 91.0 Å². The number of unbranched alkanes of at least 4 members (excludes halogenated alkanes) is 1. The number of nitrogens with zero attached hydrogens (tertiary/aromatic N) is 4. The molecule has 3 aromatic rings. The lowest BCUT2D eigenvalue weighted by molar-refractivity contribution is 0.101. The van der Waals surface area contributed by atoms with Gasteiger partial charge in [-0.25, -0.2) is 14.3 Å². The largest absolute Gasteiger partial charge is 0.494 e. The molecule has 2 aromatic heterocycles. The van der Waals surface area contributed by atoms with Gasteiger partial charge in [0.05, 0.1) is 18.3 Å². The van der Waals surface area contributed by atoms with Gasteiger partial charge >= 0.3 is 0 Å². The summed E-state index contributed by atoms with van der Waals surface area (Å²) in [6, 6.07) is 6.79. The molecular weight excluding hydrogens is 358 g/mol. The normalized spacial score (nSPS) is 11.6. The van der Waals surface area contributed by atoms with Crippen molar-refractivity contribution in [2.45, 2.75) is 46.1 Å². The van der Waals surface area contributed by atoms with E-state index in [0.717, 1.165) is 17.5 Å². The highest BCUT2D eigenvalue weighted by Crippen LogP contribution is 2.17. The lowest BCUT2D eigenvalue weighted by atomic mass is 10.1. The van der Waals surface area contributed by atoms with Crippen LogP contribution in [0.1, 0.15) is 50.9 Å². The SMILES string of the molecule is CCCCOc1ccc(C(=O)Nn2cnc3c(cnn3C(C)(C)C)c2=O)cc1. The summed E-state index contributed by atoms with van der Waals surface area (Å²) in [5.41, 5.74) is 2.77. The fourth-order valence-corrected chi connectivity index (χ4v) is 2.69. The fourth-order valence-electron chi connectivity index (χ4n) is 2.69. The molecule has 0 spiro atoms. The maximum absolute atomic E-state index is 12.7. The highest BCUT2D eigenvalue weighted by molar-refractivity contribution is 6.00. The number of hydrogen-bond acceptors (Lipinski definition) is 5. The van der Waals surface area contributed by atoms with E-state index in [1.165, 1.54) is 12.5 Å². The lowest BCUT2D eigenvalue weighted by Gasteiger charge is -2.19. The average Bonchev–Trinajstić information content (AvgIpc) is 3.10. The summed E-state index contributed by atoms with van der Waals surface area (Å²) in [5, 5.41) is 4.61. The molecule has 2 heterocycles. The van der Waals surface area contributed by atoms with Crippen LogP contribution in [0.3, 0.4) is 0 Å². The molecule has 3 rings (SSSR count). The Bertz CT molecular complexity index is 1030. The Balaban J connectivity index is 1.78. The van der Waals surface area contributed by atoms with E-state index in [4.69, 9.17) is 4.74 Å². The van der Waals surface area contributed by atoms with Crippen molar-refractivity contribution in [2.75, 3.05) is 12.0 Å². The van der Waals surface area contributed by atoms with Gasteiger partial charge in [0.15, 0.2) is 5.65 Å². The first-order valence-electron chi connectivity index (χ1n) is 9.31. The number of fused-ring (bicyclic) bond motifs is 1. The van der Waals surface area contributed by atoms with Crippen LogP contribution < -0.4 is 15.7 Å². The summed E-state index contributed by atoms with van der Waals surface area (Å²) >= 11 is 0. The van der Waals surface area contributed by atoms with Gasteiger partial charge in [0, 0.05) is 5.56 Å². The van der Waals surface area contributed by atoms with Crippen LogP contribution in [0.5, 0.6) is 5.75 Å². The number of nitrogens with one attached hydrogen (secondary N) is 1. The second kappa shape index (κ2) is 7.84. The van der Waals surface area contributed by atoms with Gasteiger partial charge in [0.25, 0.3) is 11.5 Å². The molecule has 0 atom stereocenters. The van der Waals surface area contributed by atoms with Gasteiger partial charge in [-0.05, 0) is 51.5 Å². The molecule has 0 aliphatic rings. The Morgan fingerprint density at radius 2 is 1.93 bits per heavy atom. The quantitative estimate of drug-likeness (QED) is 0.661. The standard InChI is InChI=1S/C20H25N5O3/c1-5-6-11-28-15-9-7-14(8-10-15)18(26)23-24-13-21-17-16(19(24)27)12-22-25(17)20(2,3)4/h7-10,12-13H,5-6,11H2,1-4H3,(H,23,26). The minimum absolute atomic E-state index is 0.308. The van der Waals surface area contributed by atoms with Gasteiger partial charge in [-0.1, -0.05) is 13.3 Å². The number of amides is 1. The monoisotopic (exact) mass is 383 g/mol. The van der Waals surface area contributed by atoms with E-state index in [0.29, 0.717) is 29.0 Å². The van der Waals surface area contributed by atoms with Crippen molar-refractivity contribution in [3.05, 3.63) is 52.7 Å². The molecule has 0 fully saturated rings. The molecular formula is C20H25N5O3. The zero-order valence-corrected chi connectivity index (χ0v) is 16.6. The third-order valence-corrected chi connectivity index (χ3v) is 4.23. The molecule has 8 nitrogen and oxygen atoms in total. The van der Waals surface area contributed by atoms with Crippen LogP contribution in [-0.2, 0) is 5.54 Å². The van der Waals surface area contributed by atoms with Crippen molar-refractivity contribution < 1.29 is 9.53 Å². The summed E-state index contributed by atoms with van der Waals surface area (Å²) in [7, 11) is 0. The second-order valence-electron chi connectivity index (χ2n) is 7.55. The van der Waals surface area contributed by atoms with Crippen molar-refractivity contribution in [2.24, 2.45) is 0 Å². The van der Waals surface area contributed by atoms with Crippen LogP contribution in [0.4, 0.5) is 0 Å². The summed E-state index contributed by atoms with van der Waals surface area (Å²) in [5.74, 6) is 0.298. The van der Waals surface area contributed by atoms with E-state index in [1.807, 2.05) is 20.8 Å². The zero-order chi connectivity index (χ0) is 20.3. The number of hydrogen-bond donors (Lipinski definition) is 1. The maximum Gasteiger partial charge on any atom is 0.283 e. The lowest BCUT2D eigenvalue weighted by Crippen LogP contribution is -2.33. The molecule has 28 heavy (non-hydrogen) atoms. The zero-order valence-electron chi connectivity index (χ0n) is 16.6. The van der Waals surface area contributed by atoms with Crippen LogP contribution in [-0.4, -0.2) is 32.0 Å². The number of benzene rings is 1. The van der Waals surface area contributed by atoms with Gasteiger partial charge in [-0.15, -0.1) is 0 Å². The molecule has 0 saturated carbocycles. The van der Waals surface area contributed by atoms with Gasteiger partial charge < -0.3 is 4.74 Å². The summed E-state index contributed by atoms with van der Waals surface area (Å²) in [6.45, 7) is 8.67. The Kier molecular flexibility index (Phi) is 5.48. The summed E-state index contributed by atoms with van der Waals surface area (Å²) in [4.78, 5) is 29.4. The first kappa shape index (κ1) is 19.6. The predicted octanol–water partition coefficient (Wildman–Crippen LogP) is 2.91. The van der Waals surface area contributed by atoms with E-state index >= 15 is 0 Å². The summed E-state index contributed by atoms with van der Waals surface area (Å²) in [6.07, 6.45) is 4.81. The van der Waals surface area contributed by atoms with Crippen LogP contribution in [0.15, 0.2) is 41.6 Å². The van der Waals surface area contributed by atoms with E-state index in [-0.39, 0.29) is 11.1 Å². The molecule has 0 aliphatic carbocycles. The van der Waals surface area contributed by atoms with Crippen molar-refractivity contribution >= 4 is 16.9 Å². The minimum Gasteiger partial charge on any atom is -0.494 e. The van der Waals surface area contributed by atoms with Gasteiger partial charge in [0.1, 0.15) is 17.5 Å². The van der Waals surface area contributed by atoms with Crippen molar-refractivity contribution in [3.8, 4) is 5.75 Å². The number of carbonyl (C=O) groups excluding carboxylic acids is 1. The minimum atomic E-state index is -0.411. The molecule has 1 amide bonds. The van der Waals surface area contributed by atoms with Crippen molar-refractivity contribution in [1.82, 2.24) is 19.4 Å². The van der Waals surface area contributed by atoms with Crippen LogP contribution in [0.25, 0.3) is 11.0 Å². The number of ether oxygens (including phenoxy) is 1. The van der Waals surface area contributed by atoms with E-state index < -0.39 is 5.91 Å². The highest BCUT2D eigenvalue weighted by Gasteiger charge is 2.20. The number of carbonyl (C=O) groups is 1. The van der Waals surface area contributed by atoms with E-state index in [1.54, 1.807) is 28.9 Å². The first-order chi connectivity index (χ1) is 13.3. The van der Waals surface area contributed by atoms with Gasteiger partial charge in [0.2, 0.25) is 0 Å². The second-order valence-corrected chi connectivity index (χ2v) is 7.55. The molecule has 0 aliphatic heterocycles. The smallest absolute Gasteiger partial charge is 0.283 e. The highest BCUT2D eigenvalue weighted by atomic mass is 16.5. The predicted molar refractivity (Wildman–Crippen MR) is 107 cm³/mol. The molecule has 0 radical (unpaired) electrons. The maximum atomic E-state index is 12.7. The van der Waals surface area contributed by atoms with Crippen LogP contribution >= 0.6 is 0 Å². The van der Waals surface area contributed by atoms with Crippen molar-refractivity contribution in [1.29, 1.82) is 0 Å². The third kappa shape index (κ3) is 4.05. The van der Waals surface area contributed by atoms with Gasteiger partial charge in [-0.2, -0.15) is 5.10 Å². The van der Waals surface area contributed by atoms with E-state index in [9.17, 15) is 9.59 Å². The van der Waals surface area contributed by atoms with E-state index in [2.05, 4.69) is 22.4 Å². The summed E-state index contributed by atoms with van der Waals surface area (Å²) < 4.78 is 8.35. The van der Waals surface area contributed by atoms with Crippen LogP contribution in [0.2, 0.25) is 0 Å². The third-order valence-electron chi connectivity index (χ3n) is 4.23. The molecule has 0 unspecified atom stereocenters. The Labute approximate surface area is 163 Å². The number of rotatable bonds is 6. The van der Waals surface area contributed by atoms with Crippen molar-refractivity contribution in [3.63, 3.8) is 0 Å². The Morgan fingerprint density at radius 3 is 2.57 bits per heavy atom. The molecule has 0 bridgehead atoms. The molecule has 1 N–H and O–H groups in total. The molecule has 1 aromatic carbocycles. The van der Waals surface area contributed by atoms with Gasteiger partial charge in [-0.3, -0.25) is 15.0 Å². The molecule has 8 heteroatoms. The molecule has 148 valence electrons. The Hall–Kier alpha value is -3.16. The average molecular weight is 383 g/mol. The fraction of sp³-hybridized carbons (Fsp3) is 0.400. The number of aromatic nitrogens is 4.